The number of hydrogen-bond acceptors (Lipinski definition) is 3. The summed E-state index contributed by atoms with van der Waals surface area (Å²) < 4.78 is 7.03. The van der Waals surface area contributed by atoms with Crippen LogP contribution in [0.4, 0.5) is 0 Å². The Morgan fingerprint density at radius 3 is 2.85 bits per heavy atom. The van der Waals surface area contributed by atoms with Crippen molar-refractivity contribution < 1.29 is 14.9 Å². The minimum atomic E-state index is 0.0486. The maximum atomic E-state index is 8.91. The molecule has 0 atom stereocenters. The first-order valence-corrected chi connectivity index (χ1v) is 4.32. The maximum Gasteiger partial charge on any atom is 0.0832 e. The summed E-state index contributed by atoms with van der Waals surface area (Å²) in [6.07, 6.45) is 1.90. The Bertz CT molecular complexity index is 235. The molecule has 0 radical (unpaired) electrons. The van der Waals surface area contributed by atoms with Crippen molar-refractivity contribution in [2.75, 3.05) is 19.8 Å². The molecule has 1 aromatic heterocycles. The summed E-state index contributed by atoms with van der Waals surface area (Å²) in [5.41, 5.74) is 0.882. The SMILES string of the molecule is OCCOCCn1cccc1CO. The highest BCUT2D eigenvalue weighted by atomic mass is 16.5. The Hall–Kier alpha value is -0.840. The van der Waals surface area contributed by atoms with E-state index in [1.165, 1.54) is 0 Å². The van der Waals surface area contributed by atoms with Gasteiger partial charge >= 0.3 is 0 Å². The summed E-state index contributed by atoms with van der Waals surface area (Å²) in [4.78, 5) is 0. The number of ether oxygens (including phenoxy) is 1. The van der Waals surface area contributed by atoms with Crippen molar-refractivity contribution in [2.24, 2.45) is 0 Å². The molecule has 0 spiro atoms. The van der Waals surface area contributed by atoms with Crippen molar-refractivity contribution in [1.82, 2.24) is 4.57 Å². The molecule has 1 rings (SSSR count). The van der Waals surface area contributed by atoms with Crippen LogP contribution in [-0.4, -0.2) is 34.6 Å². The Kier molecular flexibility index (Phi) is 4.53. The zero-order valence-corrected chi connectivity index (χ0v) is 7.52. The van der Waals surface area contributed by atoms with Gasteiger partial charge in [-0.2, -0.15) is 0 Å². The van der Waals surface area contributed by atoms with E-state index < -0.39 is 0 Å². The largest absolute Gasteiger partial charge is 0.394 e. The molecule has 0 aromatic carbocycles. The van der Waals surface area contributed by atoms with E-state index in [9.17, 15) is 0 Å². The van der Waals surface area contributed by atoms with Gasteiger partial charge in [0.2, 0.25) is 0 Å². The normalized spacial score (nSPS) is 10.6. The van der Waals surface area contributed by atoms with E-state index in [4.69, 9.17) is 14.9 Å². The van der Waals surface area contributed by atoms with E-state index in [1.807, 2.05) is 22.9 Å². The van der Waals surface area contributed by atoms with Crippen LogP contribution in [0.2, 0.25) is 0 Å². The first-order chi connectivity index (χ1) is 6.38. The molecule has 1 heterocycles. The molecular weight excluding hydrogens is 170 g/mol. The van der Waals surface area contributed by atoms with Crippen LogP contribution < -0.4 is 0 Å². The second-order valence-electron chi connectivity index (χ2n) is 2.69. The summed E-state index contributed by atoms with van der Waals surface area (Å²) in [7, 11) is 0. The third-order valence-corrected chi connectivity index (χ3v) is 1.80. The van der Waals surface area contributed by atoms with Crippen molar-refractivity contribution in [2.45, 2.75) is 13.2 Å². The van der Waals surface area contributed by atoms with E-state index in [0.29, 0.717) is 19.8 Å². The molecule has 74 valence electrons. The van der Waals surface area contributed by atoms with E-state index in [1.54, 1.807) is 0 Å². The fraction of sp³-hybridized carbons (Fsp3) is 0.556. The highest BCUT2D eigenvalue weighted by Crippen LogP contribution is 2.01. The zero-order valence-electron chi connectivity index (χ0n) is 7.52. The smallest absolute Gasteiger partial charge is 0.0832 e. The Labute approximate surface area is 77.4 Å². The van der Waals surface area contributed by atoms with Gasteiger partial charge in [0.05, 0.1) is 26.4 Å². The van der Waals surface area contributed by atoms with Crippen molar-refractivity contribution in [3.8, 4) is 0 Å². The van der Waals surface area contributed by atoms with Gasteiger partial charge in [-0.15, -0.1) is 0 Å². The number of hydrogen-bond donors (Lipinski definition) is 2. The quantitative estimate of drug-likeness (QED) is 0.613. The van der Waals surface area contributed by atoms with Gasteiger partial charge in [0.25, 0.3) is 0 Å². The average Bonchev–Trinajstić information content (AvgIpc) is 2.60. The lowest BCUT2D eigenvalue weighted by Crippen LogP contribution is -2.09. The van der Waals surface area contributed by atoms with E-state index in [-0.39, 0.29) is 13.2 Å². The summed E-state index contributed by atoms with van der Waals surface area (Å²) in [6, 6.07) is 3.75. The lowest BCUT2D eigenvalue weighted by molar-refractivity contribution is 0.0861. The monoisotopic (exact) mass is 185 g/mol. The molecule has 0 aliphatic heterocycles. The van der Waals surface area contributed by atoms with Gasteiger partial charge in [-0.05, 0) is 12.1 Å². The van der Waals surface area contributed by atoms with Crippen LogP contribution in [0.25, 0.3) is 0 Å². The number of nitrogens with zero attached hydrogens (tertiary/aromatic N) is 1. The predicted octanol–water partition coefficient (Wildman–Crippen LogP) is -0.0107. The summed E-state index contributed by atoms with van der Waals surface area (Å²) in [5.74, 6) is 0. The maximum absolute atomic E-state index is 8.91. The standard InChI is InChI=1S/C9H15NO3/c11-5-7-13-6-4-10-3-1-2-9(10)8-12/h1-3,11-12H,4-8H2. The molecule has 0 bridgehead atoms. The predicted molar refractivity (Wildman–Crippen MR) is 48.3 cm³/mol. The fourth-order valence-corrected chi connectivity index (χ4v) is 1.14. The van der Waals surface area contributed by atoms with E-state index in [0.717, 1.165) is 5.69 Å². The van der Waals surface area contributed by atoms with Gasteiger partial charge in [-0.25, -0.2) is 0 Å². The lowest BCUT2D eigenvalue weighted by atomic mass is 10.4. The topological polar surface area (TPSA) is 54.6 Å². The average molecular weight is 185 g/mol. The summed E-state index contributed by atoms with van der Waals surface area (Å²) in [6.45, 7) is 1.74. The summed E-state index contributed by atoms with van der Waals surface area (Å²) in [5, 5.41) is 17.4. The highest BCUT2D eigenvalue weighted by molar-refractivity contribution is 5.05. The number of aliphatic hydroxyl groups is 2. The Morgan fingerprint density at radius 2 is 2.15 bits per heavy atom. The number of rotatable bonds is 6. The summed E-state index contributed by atoms with van der Waals surface area (Å²) >= 11 is 0. The third-order valence-electron chi connectivity index (χ3n) is 1.80. The van der Waals surface area contributed by atoms with E-state index >= 15 is 0 Å². The molecular formula is C9H15NO3. The molecule has 4 nitrogen and oxygen atoms in total. The fourth-order valence-electron chi connectivity index (χ4n) is 1.14. The molecule has 1 aromatic rings. The third kappa shape index (κ3) is 3.18. The van der Waals surface area contributed by atoms with Crippen LogP contribution in [-0.2, 0) is 17.9 Å². The molecule has 0 fully saturated rings. The molecule has 0 aliphatic rings. The second-order valence-corrected chi connectivity index (χ2v) is 2.69. The molecule has 4 heteroatoms. The van der Waals surface area contributed by atoms with Crippen LogP contribution in [0, 0.1) is 0 Å². The van der Waals surface area contributed by atoms with Crippen molar-refractivity contribution in [3.05, 3.63) is 24.0 Å². The second kappa shape index (κ2) is 5.75. The molecule has 0 aliphatic carbocycles. The first-order valence-electron chi connectivity index (χ1n) is 4.32. The molecule has 0 unspecified atom stereocenters. The van der Waals surface area contributed by atoms with Crippen molar-refractivity contribution in [3.63, 3.8) is 0 Å². The van der Waals surface area contributed by atoms with Gasteiger partial charge < -0.3 is 19.5 Å². The lowest BCUT2D eigenvalue weighted by Gasteiger charge is -2.07. The van der Waals surface area contributed by atoms with Gasteiger partial charge in [0, 0.05) is 18.4 Å². The van der Waals surface area contributed by atoms with Gasteiger partial charge in [0.1, 0.15) is 0 Å². The zero-order chi connectivity index (χ0) is 9.52. The van der Waals surface area contributed by atoms with Gasteiger partial charge in [-0.1, -0.05) is 0 Å². The Balaban J connectivity index is 2.27. The molecule has 0 amide bonds. The van der Waals surface area contributed by atoms with Gasteiger partial charge in [0.15, 0.2) is 0 Å². The van der Waals surface area contributed by atoms with Crippen molar-refractivity contribution in [1.29, 1.82) is 0 Å². The van der Waals surface area contributed by atoms with Crippen LogP contribution in [0.5, 0.6) is 0 Å². The first kappa shape index (κ1) is 10.2. The molecule has 0 saturated carbocycles. The molecule has 2 N–H and O–H groups in total. The van der Waals surface area contributed by atoms with E-state index in [2.05, 4.69) is 0 Å². The Morgan fingerprint density at radius 1 is 1.31 bits per heavy atom. The highest BCUT2D eigenvalue weighted by Gasteiger charge is 1.97. The molecule has 13 heavy (non-hydrogen) atoms. The van der Waals surface area contributed by atoms with Crippen LogP contribution in [0.3, 0.4) is 0 Å². The van der Waals surface area contributed by atoms with Crippen LogP contribution in [0.1, 0.15) is 5.69 Å². The minimum Gasteiger partial charge on any atom is -0.394 e. The minimum absolute atomic E-state index is 0.0486. The van der Waals surface area contributed by atoms with Crippen LogP contribution >= 0.6 is 0 Å². The number of aliphatic hydroxyl groups excluding tert-OH is 2. The molecule has 0 saturated heterocycles. The van der Waals surface area contributed by atoms with Gasteiger partial charge in [-0.3, -0.25) is 0 Å². The number of aromatic nitrogens is 1. The van der Waals surface area contributed by atoms with Crippen LogP contribution in [0.15, 0.2) is 18.3 Å². The van der Waals surface area contributed by atoms with Crippen molar-refractivity contribution >= 4 is 0 Å².